The van der Waals surface area contributed by atoms with Crippen molar-refractivity contribution in [2.45, 2.75) is 11.1 Å². The maximum Gasteiger partial charge on any atom is 0.252 e. The highest BCUT2D eigenvalue weighted by Gasteiger charge is 2.30. The van der Waals surface area contributed by atoms with Crippen molar-refractivity contribution in [2.24, 2.45) is 0 Å². The summed E-state index contributed by atoms with van der Waals surface area (Å²) in [6, 6.07) is 15.2. The fourth-order valence-electron chi connectivity index (χ4n) is 3.09. The average molecular weight is 435 g/mol. The van der Waals surface area contributed by atoms with Crippen molar-refractivity contribution in [1.82, 2.24) is 14.5 Å². The SMILES string of the molecule is Cc1ccc(-c2ccc(N3CCN(S(=O)(=O)c4ccc(Cl)s4)CC3)nn2)cc1. The molecule has 1 aromatic carbocycles. The third-order valence-corrected chi connectivity index (χ3v) is 8.30. The molecule has 0 N–H and O–H groups in total. The highest BCUT2D eigenvalue weighted by atomic mass is 35.5. The molecule has 9 heteroatoms. The Morgan fingerprint density at radius 1 is 0.929 bits per heavy atom. The lowest BCUT2D eigenvalue weighted by atomic mass is 10.1. The van der Waals surface area contributed by atoms with Gasteiger partial charge in [-0.25, -0.2) is 8.42 Å². The van der Waals surface area contributed by atoms with Crippen molar-refractivity contribution in [1.29, 1.82) is 0 Å². The van der Waals surface area contributed by atoms with Crippen LogP contribution in [0, 0.1) is 6.92 Å². The van der Waals surface area contributed by atoms with Gasteiger partial charge in [0.15, 0.2) is 5.82 Å². The van der Waals surface area contributed by atoms with E-state index < -0.39 is 10.0 Å². The first-order chi connectivity index (χ1) is 13.4. The van der Waals surface area contributed by atoms with Crippen LogP contribution in [0.3, 0.4) is 0 Å². The Kier molecular flexibility index (Phi) is 5.37. The highest BCUT2D eigenvalue weighted by Crippen LogP contribution is 2.29. The summed E-state index contributed by atoms with van der Waals surface area (Å²) in [6.45, 7) is 3.98. The molecule has 28 heavy (non-hydrogen) atoms. The summed E-state index contributed by atoms with van der Waals surface area (Å²) in [7, 11) is -3.49. The lowest BCUT2D eigenvalue weighted by molar-refractivity contribution is 0.384. The van der Waals surface area contributed by atoms with Crippen LogP contribution < -0.4 is 4.90 Å². The molecule has 0 atom stereocenters. The minimum absolute atomic E-state index is 0.285. The van der Waals surface area contributed by atoms with Gasteiger partial charge in [0.1, 0.15) is 4.21 Å². The molecule has 3 heterocycles. The van der Waals surface area contributed by atoms with E-state index in [-0.39, 0.29) is 4.21 Å². The van der Waals surface area contributed by atoms with E-state index in [1.54, 1.807) is 12.1 Å². The number of anilines is 1. The fraction of sp³-hybridized carbons (Fsp3) is 0.263. The molecule has 6 nitrogen and oxygen atoms in total. The molecule has 1 aliphatic rings. The first kappa shape index (κ1) is 19.3. The maximum atomic E-state index is 12.7. The smallest absolute Gasteiger partial charge is 0.252 e. The predicted molar refractivity (Wildman–Crippen MR) is 113 cm³/mol. The second-order valence-corrected chi connectivity index (χ2v) is 10.5. The third kappa shape index (κ3) is 3.91. The molecule has 3 aromatic rings. The van der Waals surface area contributed by atoms with Crippen LogP contribution in [-0.4, -0.2) is 49.1 Å². The lowest BCUT2D eigenvalue weighted by Crippen LogP contribution is -2.48. The molecule has 4 rings (SSSR count). The van der Waals surface area contributed by atoms with Crippen molar-refractivity contribution in [3.63, 3.8) is 0 Å². The van der Waals surface area contributed by atoms with Gasteiger partial charge in [0.25, 0.3) is 10.0 Å². The van der Waals surface area contributed by atoms with Crippen LogP contribution in [0.2, 0.25) is 4.34 Å². The number of piperazine rings is 1. The number of halogens is 1. The van der Waals surface area contributed by atoms with E-state index in [1.165, 1.54) is 9.87 Å². The highest BCUT2D eigenvalue weighted by molar-refractivity contribution is 7.91. The van der Waals surface area contributed by atoms with E-state index >= 15 is 0 Å². The zero-order chi connectivity index (χ0) is 19.7. The normalized spacial score (nSPS) is 15.7. The van der Waals surface area contributed by atoms with Gasteiger partial charge in [-0.1, -0.05) is 41.4 Å². The molecule has 0 saturated carbocycles. The molecule has 2 aromatic heterocycles. The van der Waals surface area contributed by atoms with Gasteiger partial charge in [0.2, 0.25) is 0 Å². The van der Waals surface area contributed by atoms with Crippen molar-refractivity contribution in [2.75, 3.05) is 31.1 Å². The number of hydrogen-bond donors (Lipinski definition) is 0. The van der Waals surface area contributed by atoms with Gasteiger partial charge >= 0.3 is 0 Å². The lowest BCUT2D eigenvalue weighted by Gasteiger charge is -2.34. The number of rotatable bonds is 4. The molecule has 146 valence electrons. The molecule has 1 saturated heterocycles. The van der Waals surface area contributed by atoms with E-state index in [2.05, 4.69) is 15.1 Å². The molecule has 1 fully saturated rings. The van der Waals surface area contributed by atoms with E-state index in [1.807, 2.05) is 43.3 Å². The molecular weight excluding hydrogens is 416 g/mol. The Morgan fingerprint density at radius 3 is 2.21 bits per heavy atom. The standard InChI is InChI=1S/C19H19ClN4O2S2/c1-14-2-4-15(5-3-14)16-6-8-18(22-21-16)23-10-12-24(13-11-23)28(25,26)19-9-7-17(20)27-19/h2-9H,10-13H2,1H3. The van der Waals surface area contributed by atoms with Gasteiger partial charge < -0.3 is 4.90 Å². The summed E-state index contributed by atoms with van der Waals surface area (Å²) < 4.78 is 27.7. The minimum atomic E-state index is -3.49. The number of aryl methyl sites for hydroxylation is 1. The van der Waals surface area contributed by atoms with Crippen LogP contribution in [0.4, 0.5) is 5.82 Å². The van der Waals surface area contributed by atoms with Gasteiger partial charge in [-0.05, 0) is 31.2 Å². The molecule has 0 unspecified atom stereocenters. The Balaban J connectivity index is 1.43. The predicted octanol–water partition coefficient (Wildman–Crippen LogP) is 3.68. The van der Waals surface area contributed by atoms with E-state index in [4.69, 9.17) is 11.6 Å². The molecule has 0 radical (unpaired) electrons. The second kappa shape index (κ2) is 7.79. The number of sulfonamides is 1. The third-order valence-electron chi connectivity index (χ3n) is 4.70. The van der Waals surface area contributed by atoms with Crippen LogP contribution in [0.1, 0.15) is 5.56 Å². The first-order valence-corrected chi connectivity index (χ1v) is 11.5. The zero-order valence-electron chi connectivity index (χ0n) is 15.2. The molecule has 0 spiro atoms. The van der Waals surface area contributed by atoms with Crippen molar-refractivity contribution in [3.05, 3.63) is 58.4 Å². The molecule has 0 aliphatic carbocycles. The summed E-state index contributed by atoms with van der Waals surface area (Å²) in [6.07, 6.45) is 0. The van der Waals surface area contributed by atoms with Crippen molar-refractivity contribution in [3.8, 4) is 11.3 Å². The van der Waals surface area contributed by atoms with Crippen LogP contribution in [0.5, 0.6) is 0 Å². The van der Waals surface area contributed by atoms with Crippen LogP contribution in [0.25, 0.3) is 11.3 Å². The van der Waals surface area contributed by atoms with Gasteiger partial charge in [-0.2, -0.15) is 4.31 Å². The number of benzene rings is 1. The summed E-state index contributed by atoms with van der Waals surface area (Å²) in [5, 5.41) is 8.68. The molecular formula is C19H19ClN4O2S2. The van der Waals surface area contributed by atoms with Gasteiger partial charge in [-0.15, -0.1) is 21.5 Å². The van der Waals surface area contributed by atoms with Gasteiger partial charge in [-0.3, -0.25) is 0 Å². The monoisotopic (exact) mass is 434 g/mol. The van der Waals surface area contributed by atoms with Gasteiger partial charge in [0.05, 0.1) is 10.0 Å². The Bertz CT molecular complexity index is 1060. The van der Waals surface area contributed by atoms with Crippen molar-refractivity contribution >= 4 is 38.8 Å². The summed E-state index contributed by atoms with van der Waals surface area (Å²) in [5.41, 5.74) is 3.04. The number of nitrogens with zero attached hydrogens (tertiary/aromatic N) is 4. The van der Waals surface area contributed by atoms with Crippen LogP contribution in [0.15, 0.2) is 52.7 Å². The average Bonchev–Trinajstić information content (AvgIpc) is 3.16. The number of aromatic nitrogens is 2. The van der Waals surface area contributed by atoms with E-state index in [0.29, 0.717) is 30.5 Å². The second-order valence-electron chi connectivity index (χ2n) is 6.59. The largest absolute Gasteiger partial charge is 0.352 e. The maximum absolute atomic E-state index is 12.7. The first-order valence-electron chi connectivity index (χ1n) is 8.85. The summed E-state index contributed by atoms with van der Waals surface area (Å²) in [5.74, 6) is 0.757. The molecule has 0 amide bonds. The topological polar surface area (TPSA) is 66.4 Å². The Labute approximate surface area is 173 Å². The quantitative estimate of drug-likeness (QED) is 0.626. The molecule has 1 aliphatic heterocycles. The summed E-state index contributed by atoms with van der Waals surface area (Å²) in [4.78, 5) is 2.05. The van der Waals surface area contributed by atoms with Crippen molar-refractivity contribution < 1.29 is 8.42 Å². The van der Waals surface area contributed by atoms with Crippen LogP contribution in [-0.2, 0) is 10.0 Å². The number of hydrogen-bond acceptors (Lipinski definition) is 6. The zero-order valence-corrected chi connectivity index (χ0v) is 17.6. The van der Waals surface area contributed by atoms with Gasteiger partial charge in [0, 0.05) is 31.7 Å². The minimum Gasteiger partial charge on any atom is -0.352 e. The number of thiophene rings is 1. The summed E-state index contributed by atoms with van der Waals surface area (Å²) >= 11 is 6.97. The van der Waals surface area contributed by atoms with Crippen LogP contribution >= 0.6 is 22.9 Å². The Hall–Kier alpha value is -2.00. The van der Waals surface area contributed by atoms with E-state index in [9.17, 15) is 8.42 Å². The Morgan fingerprint density at radius 2 is 1.64 bits per heavy atom. The molecule has 0 bridgehead atoms. The van der Waals surface area contributed by atoms with E-state index in [0.717, 1.165) is 28.4 Å². The fourth-order valence-corrected chi connectivity index (χ4v) is 6.15.